The average molecular weight is 384 g/mol. The van der Waals surface area contributed by atoms with Gasteiger partial charge < -0.3 is 19.9 Å². The first-order valence-electron chi connectivity index (χ1n) is 8.83. The number of hydrogen-bond donors (Lipinski definition) is 1. The molecule has 0 aliphatic carbocycles. The SMILES string of the molecule is C[C@H](CC(=O)N1CCOCC1)N[C@@H]1CCN(c2ccc(Cl)c(F)c2)C1=O. The number of morpholine rings is 1. The van der Waals surface area contributed by atoms with Crippen LogP contribution < -0.4 is 10.2 Å². The van der Waals surface area contributed by atoms with Crippen molar-refractivity contribution in [2.75, 3.05) is 37.7 Å². The van der Waals surface area contributed by atoms with E-state index in [1.807, 2.05) is 6.92 Å². The van der Waals surface area contributed by atoms with Crippen LogP contribution in [0.2, 0.25) is 5.02 Å². The van der Waals surface area contributed by atoms with Gasteiger partial charge in [0.25, 0.3) is 0 Å². The highest BCUT2D eigenvalue weighted by Gasteiger charge is 2.34. The molecule has 2 heterocycles. The molecule has 2 atom stereocenters. The third-order valence-electron chi connectivity index (χ3n) is 4.75. The van der Waals surface area contributed by atoms with Crippen molar-refractivity contribution in [3.05, 3.63) is 29.0 Å². The molecule has 26 heavy (non-hydrogen) atoms. The van der Waals surface area contributed by atoms with Crippen molar-refractivity contribution >= 4 is 29.1 Å². The Bertz CT molecular complexity index is 682. The summed E-state index contributed by atoms with van der Waals surface area (Å²) in [5.74, 6) is -0.592. The van der Waals surface area contributed by atoms with Gasteiger partial charge in [0.05, 0.1) is 24.3 Å². The number of nitrogens with zero attached hydrogens (tertiary/aromatic N) is 2. The van der Waals surface area contributed by atoms with Crippen LogP contribution in [0.15, 0.2) is 18.2 Å². The van der Waals surface area contributed by atoms with Crippen molar-refractivity contribution in [2.24, 2.45) is 0 Å². The molecule has 6 nitrogen and oxygen atoms in total. The number of amides is 2. The number of anilines is 1. The molecule has 2 aliphatic rings. The molecule has 2 amide bonds. The Morgan fingerprint density at radius 2 is 2.12 bits per heavy atom. The van der Waals surface area contributed by atoms with E-state index in [0.717, 1.165) is 0 Å². The van der Waals surface area contributed by atoms with Gasteiger partial charge in [0.15, 0.2) is 0 Å². The molecule has 2 aliphatic heterocycles. The van der Waals surface area contributed by atoms with Crippen molar-refractivity contribution in [1.29, 1.82) is 0 Å². The highest BCUT2D eigenvalue weighted by atomic mass is 35.5. The number of rotatable bonds is 5. The van der Waals surface area contributed by atoms with E-state index in [4.69, 9.17) is 16.3 Å². The summed E-state index contributed by atoms with van der Waals surface area (Å²) in [5, 5.41) is 3.27. The lowest BCUT2D eigenvalue weighted by molar-refractivity contribution is -0.136. The van der Waals surface area contributed by atoms with Crippen LogP contribution in [-0.4, -0.2) is 61.6 Å². The van der Waals surface area contributed by atoms with E-state index < -0.39 is 5.82 Å². The molecule has 0 radical (unpaired) electrons. The number of carbonyl (C=O) groups excluding carboxylic acids is 2. The van der Waals surface area contributed by atoms with Crippen molar-refractivity contribution in [2.45, 2.75) is 31.8 Å². The fourth-order valence-corrected chi connectivity index (χ4v) is 3.47. The van der Waals surface area contributed by atoms with Crippen molar-refractivity contribution in [3.8, 4) is 0 Å². The Kier molecular flexibility index (Phi) is 6.11. The van der Waals surface area contributed by atoms with E-state index in [2.05, 4.69) is 5.32 Å². The molecule has 3 rings (SSSR count). The van der Waals surface area contributed by atoms with Crippen LogP contribution in [0.4, 0.5) is 10.1 Å². The second-order valence-corrected chi connectivity index (χ2v) is 7.10. The molecule has 1 aromatic carbocycles. The highest BCUT2D eigenvalue weighted by molar-refractivity contribution is 6.30. The smallest absolute Gasteiger partial charge is 0.244 e. The van der Waals surface area contributed by atoms with Crippen molar-refractivity contribution in [3.63, 3.8) is 0 Å². The van der Waals surface area contributed by atoms with Crippen LogP contribution in [0.3, 0.4) is 0 Å². The Hall–Kier alpha value is -1.70. The van der Waals surface area contributed by atoms with Crippen LogP contribution in [0, 0.1) is 5.82 Å². The third kappa shape index (κ3) is 4.34. The van der Waals surface area contributed by atoms with Gasteiger partial charge >= 0.3 is 0 Å². The van der Waals surface area contributed by atoms with E-state index in [-0.39, 0.29) is 28.9 Å². The topological polar surface area (TPSA) is 61.9 Å². The molecule has 0 bridgehead atoms. The van der Waals surface area contributed by atoms with Gasteiger partial charge in [-0.25, -0.2) is 4.39 Å². The van der Waals surface area contributed by atoms with Gasteiger partial charge in [-0.3, -0.25) is 9.59 Å². The predicted molar refractivity (Wildman–Crippen MR) is 96.8 cm³/mol. The number of carbonyl (C=O) groups is 2. The zero-order chi connectivity index (χ0) is 18.7. The Morgan fingerprint density at radius 1 is 1.38 bits per heavy atom. The number of ether oxygens (including phenoxy) is 1. The van der Waals surface area contributed by atoms with Gasteiger partial charge in [0.1, 0.15) is 5.82 Å². The summed E-state index contributed by atoms with van der Waals surface area (Å²) >= 11 is 5.70. The molecule has 0 spiro atoms. The molecular formula is C18H23ClFN3O3. The van der Waals surface area contributed by atoms with Crippen LogP contribution in [0.1, 0.15) is 19.8 Å². The summed E-state index contributed by atoms with van der Waals surface area (Å²) in [4.78, 5) is 28.3. The Labute approximate surface area is 157 Å². The van der Waals surface area contributed by atoms with Gasteiger partial charge in [-0.05, 0) is 31.5 Å². The lowest BCUT2D eigenvalue weighted by Crippen LogP contribution is -2.46. The van der Waals surface area contributed by atoms with Crippen molar-refractivity contribution < 1.29 is 18.7 Å². The summed E-state index contributed by atoms with van der Waals surface area (Å²) in [6, 6.07) is 3.86. The summed E-state index contributed by atoms with van der Waals surface area (Å²) in [6.45, 7) is 4.77. The normalized spacial score (nSPS) is 22.0. The third-order valence-corrected chi connectivity index (χ3v) is 5.06. The lowest BCUT2D eigenvalue weighted by atomic mass is 10.1. The molecule has 8 heteroatoms. The fourth-order valence-electron chi connectivity index (χ4n) is 3.35. The van der Waals surface area contributed by atoms with E-state index in [9.17, 15) is 14.0 Å². The monoisotopic (exact) mass is 383 g/mol. The zero-order valence-electron chi connectivity index (χ0n) is 14.7. The number of halogens is 2. The van der Waals surface area contributed by atoms with Gasteiger partial charge in [0.2, 0.25) is 11.8 Å². The van der Waals surface area contributed by atoms with E-state index in [0.29, 0.717) is 51.4 Å². The van der Waals surface area contributed by atoms with E-state index in [1.54, 1.807) is 15.9 Å². The van der Waals surface area contributed by atoms with Gasteiger partial charge in [-0.1, -0.05) is 11.6 Å². The maximum Gasteiger partial charge on any atom is 0.244 e. The number of nitrogens with one attached hydrogen (secondary N) is 1. The molecule has 142 valence electrons. The highest BCUT2D eigenvalue weighted by Crippen LogP contribution is 2.26. The fraction of sp³-hybridized carbons (Fsp3) is 0.556. The minimum atomic E-state index is -0.544. The second-order valence-electron chi connectivity index (χ2n) is 6.69. The maximum atomic E-state index is 13.7. The van der Waals surface area contributed by atoms with Gasteiger partial charge in [0, 0.05) is 37.8 Å². The van der Waals surface area contributed by atoms with Crippen LogP contribution >= 0.6 is 11.6 Å². The first kappa shape index (κ1) is 19.1. The van der Waals surface area contributed by atoms with Crippen molar-refractivity contribution in [1.82, 2.24) is 10.2 Å². The minimum absolute atomic E-state index is 0.0327. The maximum absolute atomic E-state index is 13.7. The molecule has 2 saturated heterocycles. The summed E-state index contributed by atoms with van der Waals surface area (Å²) < 4.78 is 18.9. The Balaban J connectivity index is 1.54. The lowest BCUT2D eigenvalue weighted by Gasteiger charge is -2.28. The molecule has 0 saturated carbocycles. The average Bonchev–Trinajstić information content (AvgIpc) is 2.98. The summed E-state index contributed by atoms with van der Waals surface area (Å²) in [6.07, 6.45) is 0.943. The van der Waals surface area contributed by atoms with Crippen LogP contribution in [0.5, 0.6) is 0 Å². The van der Waals surface area contributed by atoms with Gasteiger partial charge in [-0.2, -0.15) is 0 Å². The summed E-state index contributed by atoms with van der Waals surface area (Å²) in [5.41, 5.74) is 0.498. The molecule has 1 N–H and O–H groups in total. The van der Waals surface area contributed by atoms with E-state index in [1.165, 1.54) is 12.1 Å². The first-order chi connectivity index (χ1) is 12.5. The second kappa shape index (κ2) is 8.33. The molecule has 2 fully saturated rings. The molecule has 1 aromatic rings. The largest absolute Gasteiger partial charge is 0.378 e. The Morgan fingerprint density at radius 3 is 2.81 bits per heavy atom. The number of hydrogen-bond acceptors (Lipinski definition) is 4. The first-order valence-corrected chi connectivity index (χ1v) is 9.21. The summed E-state index contributed by atoms with van der Waals surface area (Å²) in [7, 11) is 0. The number of benzene rings is 1. The molecule has 0 aromatic heterocycles. The standard InChI is InChI=1S/C18H23ClFN3O3/c1-12(10-17(24)22-6-8-26-9-7-22)21-16-4-5-23(18(16)25)13-2-3-14(19)15(20)11-13/h2-3,11-12,16,21H,4-10H2,1H3/t12-,16-/m1/s1. The predicted octanol–water partition coefficient (Wildman–Crippen LogP) is 1.81. The van der Waals surface area contributed by atoms with Gasteiger partial charge in [-0.15, -0.1) is 0 Å². The van der Waals surface area contributed by atoms with Crippen LogP contribution in [0.25, 0.3) is 0 Å². The molecule has 0 unspecified atom stereocenters. The molecular weight excluding hydrogens is 361 g/mol. The quantitative estimate of drug-likeness (QED) is 0.842. The zero-order valence-corrected chi connectivity index (χ0v) is 15.5. The van der Waals surface area contributed by atoms with E-state index >= 15 is 0 Å². The van der Waals surface area contributed by atoms with Crippen LogP contribution in [-0.2, 0) is 14.3 Å². The minimum Gasteiger partial charge on any atom is -0.378 e.